The van der Waals surface area contributed by atoms with Gasteiger partial charge in [0.2, 0.25) is 22.3 Å². The third-order valence-electron chi connectivity index (χ3n) is 8.19. The molecule has 8 nitrogen and oxygen atoms in total. The lowest BCUT2D eigenvalue weighted by Gasteiger charge is -2.45. The first-order valence-electron chi connectivity index (χ1n) is 13.9. The topological polar surface area (TPSA) is 108 Å². The Morgan fingerprint density at radius 1 is 1.07 bits per heavy atom. The van der Waals surface area contributed by atoms with E-state index in [1.54, 1.807) is 24.3 Å². The molecule has 0 saturated carbocycles. The van der Waals surface area contributed by atoms with Crippen molar-refractivity contribution in [2.45, 2.75) is 37.3 Å². The number of likely N-dealkylation sites (tertiary alicyclic amines) is 1. The number of fused-ring (bicyclic) bond motifs is 1. The van der Waals surface area contributed by atoms with E-state index in [1.807, 2.05) is 35.2 Å². The van der Waals surface area contributed by atoms with Gasteiger partial charge in [-0.2, -0.15) is 0 Å². The van der Waals surface area contributed by atoms with Crippen LogP contribution in [0.2, 0.25) is 10.0 Å². The molecule has 222 valence electrons. The van der Waals surface area contributed by atoms with Crippen LogP contribution in [-0.4, -0.2) is 57.6 Å². The molecule has 2 amide bonds. The summed E-state index contributed by atoms with van der Waals surface area (Å²) in [6.07, 6.45) is 3.50. The van der Waals surface area contributed by atoms with Crippen LogP contribution in [0.4, 0.5) is 5.69 Å². The maximum Gasteiger partial charge on any atom is 0.245 e. The van der Waals surface area contributed by atoms with Gasteiger partial charge in [-0.3, -0.25) is 14.3 Å². The molecule has 42 heavy (non-hydrogen) atoms. The minimum atomic E-state index is -3.50. The van der Waals surface area contributed by atoms with Crippen molar-refractivity contribution in [3.05, 3.63) is 99.0 Å². The van der Waals surface area contributed by atoms with Gasteiger partial charge >= 0.3 is 0 Å². The first-order chi connectivity index (χ1) is 20.1. The first kappa shape index (κ1) is 30.4. The summed E-state index contributed by atoms with van der Waals surface area (Å²) >= 11 is 12.3. The van der Waals surface area contributed by atoms with E-state index in [0.717, 1.165) is 30.3 Å². The zero-order chi connectivity index (χ0) is 29.9. The van der Waals surface area contributed by atoms with Crippen molar-refractivity contribution >= 4 is 51.2 Å². The highest BCUT2D eigenvalue weighted by molar-refractivity contribution is 7.92. The van der Waals surface area contributed by atoms with Crippen LogP contribution in [0, 0.1) is 5.92 Å². The van der Waals surface area contributed by atoms with E-state index in [2.05, 4.69) is 27.5 Å². The maximum absolute atomic E-state index is 13.9. The minimum Gasteiger partial charge on any atom is -0.347 e. The number of hydrogen-bond acceptors (Lipinski definition) is 5. The summed E-state index contributed by atoms with van der Waals surface area (Å²) in [4.78, 5) is 27.3. The maximum atomic E-state index is 13.9. The van der Waals surface area contributed by atoms with Crippen molar-refractivity contribution in [1.82, 2.24) is 15.5 Å². The van der Waals surface area contributed by atoms with Crippen LogP contribution in [-0.2, 0) is 32.5 Å². The number of anilines is 1. The molecular weight excluding hydrogens is 595 g/mol. The van der Waals surface area contributed by atoms with E-state index < -0.39 is 16.1 Å². The molecule has 0 radical (unpaired) electrons. The molecule has 0 aromatic heterocycles. The van der Waals surface area contributed by atoms with Gasteiger partial charge in [-0.25, -0.2) is 8.42 Å². The van der Waals surface area contributed by atoms with Gasteiger partial charge in [-0.05, 0) is 65.8 Å². The molecule has 4 atom stereocenters. The zero-order valence-electron chi connectivity index (χ0n) is 23.2. The molecule has 1 fully saturated rings. The number of sulfonamides is 1. The number of carbonyl (C=O) groups is 2. The van der Waals surface area contributed by atoms with Gasteiger partial charge in [-0.1, -0.05) is 71.7 Å². The van der Waals surface area contributed by atoms with Crippen LogP contribution in [0.15, 0.2) is 66.7 Å². The van der Waals surface area contributed by atoms with E-state index in [1.165, 1.54) is 11.1 Å². The van der Waals surface area contributed by atoms with Gasteiger partial charge in [0, 0.05) is 31.5 Å². The molecule has 2 unspecified atom stereocenters. The largest absolute Gasteiger partial charge is 0.347 e. The number of carbonyl (C=O) groups excluding carboxylic acids is 2. The molecule has 3 N–H and O–H groups in total. The predicted octanol–water partition coefficient (Wildman–Crippen LogP) is 4.54. The van der Waals surface area contributed by atoms with Gasteiger partial charge < -0.3 is 15.5 Å². The summed E-state index contributed by atoms with van der Waals surface area (Å²) in [6, 6.07) is 20.2. The van der Waals surface area contributed by atoms with Crippen molar-refractivity contribution < 1.29 is 18.0 Å². The van der Waals surface area contributed by atoms with Crippen molar-refractivity contribution in [2.75, 3.05) is 30.6 Å². The molecule has 2 heterocycles. The lowest BCUT2D eigenvalue weighted by atomic mass is 9.72. The van der Waals surface area contributed by atoms with Crippen molar-refractivity contribution in [1.29, 1.82) is 0 Å². The molecule has 3 aromatic carbocycles. The number of hydrogen-bond donors (Lipinski definition) is 3. The number of piperidine rings is 1. The summed E-state index contributed by atoms with van der Waals surface area (Å²) in [5.41, 5.74) is 4.71. The smallest absolute Gasteiger partial charge is 0.245 e. The number of benzene rings is 3. The second-order valence-corrected chi connectivity index (χ2v) is 13.5. The highest BCUT2D eigenvalue weighted by Gasteiger charge is 2.41. The van der Waals surface area contributed by atoms with Crippen LogP contribution in [0.3, 0.4) is 0 Å². The molecule has 0 bridgehead atoms. The van der Waals surface area contributed by atoms with Crippen LogP contribution in [0.5, 0.6) is 0 Å². The molecule has 0 aliphatic carbocycles. The fourth-order valence-electron chi connectivity index (χ4n) is 6.36. The lowest BCUT2D eigenvalue weighted by molar-refractivity contribution is -0.137. The number of para-hydroxylation sites is 1. The van der Waals surface area contributed by atoms with Crippen molar-refractivity contribution in [3.63, 3.8) is 0 Å². The Labute approximate surface area is 256 Å². The molecule has 5 rings (SSSR count). The predicted molar refractivity (Wildman–Crippen MR) is 166 cm³/mol. The van der Waals surface area contributed by atoms with Crippen LogP contribution >= 0.6 is 23.2 Å². The molecular formula is C31H34Cl2N4O4S. The molecule has 2 aliphatic rings. The molecule has 0 spiro atoms. The molecule has 11 heteroatoms. The summed E-state index contributed by atoms with van der Waals surface area (Å²) in [7, 11) is -3.50. The normalized spacial score (nSPS) is 21.2. The van der Waals surface area contributed by atoms with E-state index in [0.29, 0.717) is 41.7 Å². The highest BCUT2D eigenvalue weighted by atomic mass is 35.5. The summed E-state index contributed by atoms with van der Waals surface area (Å²) in [5.74, 6) is -0.271. The van der Waals surface area contributed by atoms with Crippen LogP contribution in [0.25, 0.3) is 0 Å². The van der Waals surface area contributed by atoms with Gasteiger partial charge in [0.1, 0.15) is 6.04 Å². The Morgan fingerprint density at radius 3 is 2.55 bits per heavy atom. The lowest BCUT2D eigenvalue weighted by Crippen LogP contribution is -2.54. The Hall–Kier alpha value is -3.11. The Kier molecular flexibility index (Phi) is 9.42. The van der Waals surface area contributed by atoms with Crippen molar-refractivity contribution in [2.24, 2.45) is 5.92 Å². The van der Waals surface area contributed by atoms with E-state index in [4.69, 9.17) is 23.2 Å². The van der Waals surface area contributed by atoms with Crippen LogP contribution < -0.4 is 15.4 Å². The third kappa shape index (κ3) is 6.92. The zero-order valence-corrected chi connectivity index (χ0v) is 25.6. The highest BCUT2D eigenvalue weighted by Crippen LogP contribution is 2.44. The average Bonchev–Trinajstić information content (AvgIpc) is 2.97. The number of rotatable bonds is 9. The van der Waals surface area contributed by atoms with E-state index in [9.17, 15) is 18.0 Å². The number of halogens is 2. The number of nitrogens with one attached hydrogen (secondary N) is 3. The first-order valence-corrected chi connectivity index (χ1v) is 16.6. The van der Waals surface area contributed by atoms with Crippen molar-refractivity contribution in [3.8, 4) is 0 Å². The Morgan fingerprint density at radius 2 is 1.81 bits per heavy atom. The minimum absolute atomic E-state index is 0.0318. The van der Waals surface area contributed by atoms with Gasteiger partial charge in [0.15, 0.2) is 0 Å². The number of nitrogens with zero attached hydrogens (tertiary/aromatic N) is 1. The second kappa shape index (κ2) is 13.0. The standard InChI is InChI=1S/C31H34Cl2N4O4S/c1-42(40,41)36-28-9-5-4-8-24(28)23-13-15-37(18-25(23)30-22-7-3-2-6-21(22)12-14-34-30)31(39)29(35-19-38)17-20-10-11-26(32)27(33)16-20/h2-11,16,19,23,25,29-30,34,36H,12-15,17-18H2,1H3,(H,35,38)/t23?,25-,29-,30?/m1/s1. The summed E-state index contributed by atoms with van der Waals surface area (Å²) < 4.78 is 27.1. The quantitative estimate of drug-likeness (QED) is 0.302. The molecule has 1 saturated heterocycles. The fraction of sp³-hybridized carbons (Fsp3) is 0.355. The molecule has 3 aromatic rings. The fourth-order valence-corrected chi connectivity index (χ4v) is 7.27. The SMILES string of the molecule is CS(=O)(=O)Nc1ccccc1C1CCN(C(=O)[C@@H](Cc2ccc(Cl)c(Cl)c2)NC=O)C[C@H]1C1NCCc2ccccc21. The van der Waals surface area contributed by atoms with Gasteiger partial charge in [0.05, 0.1) is 22.0 Å². The second-order valence-electron chi connectivity index (χ2n) is 11.0. The summed E-state index contributed by atoms with van der Waals surface area (Å²) in [6.45, 7) is 1.69. The Bertz CT molecular complexity index is 1570. The third-order valence-corrected chi connectivity index (χ3v) is 9.52. The monoisotopic (exact) mass is 628 g/mol. The van der Waals surface area contributed by atoms with E-state index in [-0.39, 0.29) is 30.2 Å². The van der Waals surface area contributed by atoms with Gasteiger partial charge in [-0.15, -0.1) is 0 Å². The van der Waals surface area contributed by atoms with Gasteiger partial charge in [0.25, 0.3) is 0 Å². The van der Waals surface area contributed by atoms with E-state index >= 15 is 0 Å². The Balaban J connectivity index is 1.48. The molecule has 2 aliphatic heterocycles. The average molecular weight is 630 g/mol. The van der Waals surface area contributed by atoms with Crippen LogP contribution in [0.1, 0.15) is 40.6 Å². The number of amides is 2. The summed E-state index contributed by atoms with van der Waals surface area (Å²) in [5, 5.41) is 7.22.